The van der Waals surface area contributed by atoms with Gasteiger partial charge in [0.25, 0.3) is 5.91 Å². The predicted molar refractivity (Wildman–Crippen MR) is 60.8 cm³/mol. The van der Waals surface area contributed by atoms with Crippen molar-refractivity contribution in [2.24, 2.45) is 5.41 Å². The van der Waals surface area contributed by atoms with Gasteiger partial charge in [0.05, 0.1) is 5.56 Å². The highest BCUT2D eigenvalue weighted by atomic mass is 19.1. The molecule has 1 aliphatic carbocycles. The van der Waals surface area contributed by atoms with Gasteiger partial charge in [-0.05, 0) is 37.3 Å². The van der Waals surface area contributed by atoms with Crippen LogP contribution in [0.4, 0.5) is 4.39 Å². The molecular weight excluding hydrogens is 205 g/mol. The molecule has 1 saturated carbocycles. The predicted octanol–water partition coefficient (Wildman–Crippen LogP) is 2.66. The first-order chi connectivity index (χ1) is 7.50. The maximum absolute atomic E-state index is 13.4. The van der Waals surface area contributed by atoms with Gasteiger partial charge in [-0.1, -0.05) is 18.6 Å². The Hall–Kier alpha value is -1.38. The molecule has 1 amide bonds. The van der Waals surface area contributed by atoms with E-state index in [9.17, 15) is 9.18 Å². The van der Waals surface area contributed by atoms with Crippen LogP contribution in [0.1, 0.15) is 35.7 Å². The lowest BCUT2D eigenvalue weighted by atomic mass is 10.1. The van der Waals surface area contributed by atoms with E-state index in [0.717, 1.165) is 18.4 Å². The van der Waals surface area contributed by atoms with Crippen molar-refractivity contribution in [3.8, 4) is 0 Å². The summed E-state index contributed by atoms with van der Waals surface area (Å²) in [5, 5.41) is 2.79. The van der Waals surface area contributed by atoms with Crippen LogP contribution in [0.2, 0.25) is 0 Å². The lowest BCUT2D eigenvalue weighted by molar-refractivity contribution is 0.0942. The fourth-order valence-corrected chi connectivity index (χ4v) is 1.59. The highest BCUT2D eigenvalue weighted by Gasteiger charge is 2.37. The van der Waals surface area contributed by atoms with E-state index in [1.165, 1.54) is 6.07 Å². The number of benzene rings is 1. The number of carbonyl (C=O) groups is 1. The first kappa shape index (κ1) is 11.1. The van der Waals surface area contributed by atoms with E-state index in [1.807, 2.05) is 6.92 Å². The maximum Gasteiger partial charge on any atom is 0.254 e. The molecule has 0 aliphatic heterocycles. The van der Waals surface area contributed by atoms with Crippen molar-refractivity contribution in [2.45, 2.75) is 26.7 Å². The van der Waals surface area contributed by atoms with Crippen molar-refractivity contribution in [1.29, 1.82) is 0 Å². The topological polar surface area (TPSA) is 29.1 Å². The van der Waals surface area contributed by atoms with Gasteiger partial charge in [-0.15, -0.1) is 0 Å². The van der Waals surface area contributed by atoms with Gasteiger partial charge in [0, 0.05) is 6.54 Å². The van der Waals surface area contributed by atoms with Gasteiger partial charge >= 0.3 is 0 Å². The summed E-state index contributed by atoms with van der Waals surface area (Å²) in [5.41, 5.74) is 1.28. The second-order valence-corrected chi connectivity index (χ2v) is 4.98. The van der Waals surface area contributed by atoms with Crippen LogP contribution < -0.4 is 5.32 Å². The van der Waals surface area contributed by atoms with Gasteiger partial charge in [-0.2, -0.15) is 0 Å². The molecule has 0 bridgehead atoms. The van der Waals surface area contributed by atoms with E-state index < -0.39 is 5.82 Å². The van der Waals surface area contributed by atoms with E-state index in [1.54, 1.807) is 12.1 Å². The van der Waals surface area contributed by atoms with Crippen molar-refractivity contribution in [2.75, 3.05) is 6.54 Å². The summed E-state index contributed by atoms with van der Waals surface area (Å²) in [4.78, 5) is 11.7. The Kier molecular flexibility index (Phi) is 2.70. The summed E-state index contributed by atoms with van der Waals surface area (Å²) in [7, 11) is 0. The van der Waals surface area contributed by atoms with Gasteiger partial charge in [-0.3, -0.25) is 4.79 Å². The van der Waals surface area contributed by atoms with Gasteiger partial charge in [0.2, 0.25) is 0 Å². The monoisotopic (exact) mass is 221 g/mol. The minimum absolute atomic E-state index is 0.143. The fourth-order valence-electron chi connectivity index (χ4n) is 1.59. The number of aryl methyl sites for hydroxylation is 1. The molecule has 0 radical (unpaired) electrons. The van der Waals surface area contributed by atoms with Crippen molar-refractivity contribution >= 4 is 5.91 Å². The zero-order valence-corrected chi connectivity index (χ0v) is 9.64. The van der Waals surface area contributed by atoms with Crippen LogP contribution in [-0.2, 0) is 0 Å². The Morgan fingerprint density at radius 1 is 1.50 bits per heavy atom. The number of halogens is 1. The zero-order valence-electron chi connectivity index (χ0n) is 9.64. The van der Waals surface area contributed by atoms with Crippen molar-refractivity contribution in [1.82, 2.24) is 5.32 Å². The molecule has 0 atom stereocenters. The van der Waals surface area contributed by atoms with E-state index in [2.05, 4.69) is 12.2 Å². The summed E-state index contributed by atoms with van der Waals surface area (Å²) in [6.45, 7) is 4.61. The second-order valence-electron chi connectivity index (χ2n) is 4.98. The van der Waals surface area contributed by atoms with Crippen molar-refractivity contribution in [3.63, 3.8) is 0 Å². The van der Waals surface area contributed by atoms with E-state index in [-0.39, 0.29) is 16.9 Å². The third-order valence-electron chi connectivity index (χ3n) is 3.15. The number of hydrogen-bond acceptors (Lipinski definition) is 1. The third kappa shape index (κ3) is 2.40. The van der Waals surface area contributed by atoms with Crippen LogP contribution in [-0.4, -0.2) is 12.5 Å². The third-order valence-corrected chi connectivity index (χ3v) is 3.15. The molecule has 0 aromatic heterocycles. The van der Waals surface area contributed by atoms with Gasteiger partial charge in [0.1, 0.15) is 5.82 Å². The molecule has 16 heavy (non-hydrogen) atoms. The number of hydrogen-bond donors (Lipinski definition) is 1. The Bertz CT molecular complexity index is 424. The average Bonchev–Trinajstić information content (AvgIpc) is 2.97. The smallest absolute Gasteiger partial charge is 0.254 e. The van der Waals surface area contributed by atoms with Crippen LogP contribution in [0, 0.1) is 18.2 Å². The maximum atomic E-state index is 13.4. The lowest BCUT2D eigenvalue weighted by Gasteiger charge is -2.10. The van der Waals surface area contributed by atoms with Crippen LogP contribution in [0.3, 0.4) is 0 Å². The number of amides is 1. The molecule has 3 heteroatoms. The summed E-state index contributed by atoms with van der Waals surface area (Å²) in [6, 6.07) is 4.58. The first-order valence-electron chi connectivity index (χ1n) is 5.55. The minimum Gasteiger partial charge on any atom is -0.351 e. The molecule has 2 rings (SSSR count). The standard InChI is InChI=1S/C13H16FNO/c1-9-3-4-11(14)10(7-9)12(16)15-8-13(2)5-6-13/h3-4,7H,5-6,8H2,1-2H3,(H,15,16). The van der Waals surface area contributed by atoms with Gasteiger partial charge in [-0.25, -0.2) is 4.39 Å². The Labute approximate surface area is 94.9 Å². The first-order valence-corrected chi connectivity index (χ1v) is 5.55. The molecular formula is C13H16FNO. The second kappa shape index (κ2) is 3.89. The molecule has 2 nitrogen and oxygen atoms in total. The van der Waals surface area contributed by atoms with Crippen LogP contribution >= 0.6 is 0 Å². The highest BCUT2D eigenvalue weighted by molar-refractivity contribution is 5.94. The molecule has 0 heterocycles. The number of nitrogens with one attached hydrogen (secondary N) is 1. The Morgan fingerprint density at radius 2 is 2.19 bits per heavy atom. The van der Waals surface area contributed by atoms with E-state index in [4.69, 9.17) is 0 Å². The summed E-state index contributed by atoms with van der Waals surface area (Å²) < 4.78 is 13.4. The largest absolute Gasteiger partial charge is 0.351 e. The van der Waals surface area contributed by atoms with E-state index >= 15 is 0 Å². The molecule has 1 aromatic rings. The quantitative estimate of drug-likeness (QED) is 0.835. The number of rotatable bonds is 3. The molecule has 1 N–H and O–H groups in total. The molecule has 0 spiro atoms. The summed E-state index contributed by atoms with van der Waals surface area (Å²) >= 11 is 0. The molecule has 1 fully saturated rings. The molecule has 0 saturated heterocycles. The molecule has 0 unspecified atom stereocenters. The summed E-state index contributed by atoms with van der Waals surface area (Å²) in [5.74, 6) is -0.765. The minimum atomic E-state index is -0.455. The van der Waals surface area contributed by atoms with Crippen molar-refractivity contribution in [3.05, 3.63) is 35.1 Å². The lowest BCUT2D eigenvalue weighted by Crippen LogP contribution is -2.29. The van der Waals surface area contributed by atoms with Crippen LogP contribution in [0.5, 0.6) is 0 Å². The van der Waals surface area contributed by atoms with Crippen LogP contribution in [0.25, 0.3) is 0 Å². The van der Waals surface area contributed by atoms with Gasteiger partial charge in [0.15, 0.2) is 0 Å². The normalized spacial score (nSPS) is 16.9. The molecule has 86 valence electrons. The molecule has 1 aromatic carbocycles. The fraction of sp³-hybridized carbons (Fsp3) is 0.462. The molecule has 1 aliphatic rings. The SMILES string of the molecule is Cc1ccc(F)c(C(=O)NCC2(C)CC2)c1. The van der Waals surface area contributed by atoms with Crippen LogP contribution in [0.15, 0.2) is 18.2 Å². The average molecular weight is 221 g/mol. The highest BCUT2D eigenvalue weighted by Crippen LogP contribution is 2.44. The number of carbonyl (C=O) groups excluding carboxylic acids is 1. The van der Waals surface area contributed by atoms with E-state index in [0.29, 0.717) is 6.54 Å². The van der Waals surface area contributed by atoms with Crippen molar-refractivity contribution < 1.29 is 9.18 Å². The summed E-state index contributed by atoms with van der Waals surface area (Å²) in [6.07, 6.45) is 2.28. The zero-order chi connectivity index (χ0) is 11.8. The Balaban J connectivity index is 2.05. The Morgan fingerprint density at radius 3 is 2.81 bits per heavy atom. The van der Waals surface area contributed by atoms with Gasteiger partial charge < -0.3 is 5.32 Å².